The van der Waals surface area contributed by atoms with Gasteiger partial charge < -0.3 is 5.32 Å². The molecule has 1 N–H and O–H groups in total. The van der Waals surface area contributed by atoms with Crippen LogP contribution in [0.4, 0.5) is 8.78 Å². The van der Waals surface area contributed by atoms with Gasteiger partial charge in [0.15, 0.2) is 0 Å². The number of carbonyl (C=O) groups is 1. The van der Waals surface area contributed by atoms with Crippen molar-refractivity contribution in [3.05, 3.63) is 83.9 Å². The Morgan fingerprint density at radius 3 is 1.83 bits per heavy atom. The van der Waals surface area contributed by atoms with Crippen molar-refractivity contribution in [2.45, 2.75) is 6.92 Å². The van der Waals surface area contributed by atoms with Crippen LogP contribution in [0.1, 0.15) is 17.3 Å². The minimum atomic E-state index is -0.357. The van der Waals surface area contributed by atoms with E-state index in [1.54, 1.807) is 42.5 Å². The molecule has 0 saturated carbocycles. The lowest BCUT2D eigenvalue weighted by Crippen LogP contribution is -2.22. The Hall–Kier alpha value is -3.67. The molecular weight excluding hydrogens is 372 g/mol. The number of amides is 1. The summed E-state index contributed by atoms with van der Waals surface area (Å²) >= 11 is 0. The second kappa shape index (κ2) is 7.75. The molecule has 0 spiro atoms. The van der Waals surface area contributed by atoms with Crippen LogP contribution in [0.5, 0.6) is 0 Å². The first-order chi connectivity index (χ1) is 14.0. The van der Waals surface area contributed by atoms with E-state index in [-0.39, 0.29) is 17.5 Å². The molecular formula is C23H17F2N3O. The number of rotatable bonds is 4. The fourth-order valence-electron chi connectivity index (χ4n) is 3.08. The van der Waals surface area contributed by atoms with Crippen LogP contribution < -0.4 is 5.32 Å². The highest BCUT2D eigenvalue weighted by atomic mass is 19.1. The van der Waals surface area contributed by atoms with Gasteiger partial charge in [-0.2, -0.15) is 0 Å². The lowest BCUT2D eigenvalue weighted by molar-refractivity contribution is 0.0956. The Kier molecular flexibility index (Phi) is 4.99. The molecule has 4 rings (SSSR count). The van der Waals surface area contributed by atoms with Crippen LogP contribution in [-0.4, -0.2) is 22.4 Å². The summed E-state index contributed by atoms with van der Waals surface area (Å²) in [6.07, 6.45) is 0. The predicted molar refractivity (Wildman–Crippen MR) is 108 cm³/mol. The normalized spacial score (nSPS) is 10.9. The summed E-state index contributed by atoms with van der Waals surface area (Å²) in [5.41, 5.74) is 4.05. The summed E-state index contributed by atoms with van der Waals surface area (Å²) < 4.78 is 26.8. The molecule has 0 radical (unpaired) electrons. The summed E-state index contributed by atoms with van der Waals surface area (Å²) in [4.78, 5) is 21.6. The molecule has 29 heavy (non-hydrogen) atoms. The number of hydrogen-bond acceptors (Lipinski definition) is 3. The predicted octanol–water partition coefficient (Wildman–Crippen LogP) is 4.99. The summed E-state index contributed by atoms with van der Waals surface area (Å²) in [7, 11) is 0. The maximum atomic E-state index is 13.4. The van der Waals surface area contributed by atoms with Crippen molar-refractivity contribution in [3.8, 4) is 22.5 Å². The Morgan fingerprint density at radius 2 is 1.31 bits per heavy atom. The molecule has 0 bridgehead atoms. The third-order valence-corrected chi connectivity index (χ3v) is 4.50. The van der Waals surface area contributed by atoms with Crippen molar-refractivity contribution in [2.75, 3.05) is 6.54 Å². The Labute approximate surface area is 166 Å². The van der Waals surface area contributed by atoms with Crippen molar-refractivity contribution in [3.63, 3.8) is 0 Å². The van der Waals surface area contributed by atoms with Gasteiger partial charge in [-0.15, -0.1) is 0 Å². The molecule has 1 heterocycles. The monoisotopic (exact) mass is 389 g/mol. The number of nitrogens with zero attached hydrogens (tertiary/aromatic N) is 2. The van der Waals surface area contributed by atoms with Crippen LogP contribution in [0.2, 0.25) is 0 Å². The summed E-state index contributed by atoms with van der Waals surface area (Å²) in [5.74, 6) is -0.899. The average Bonchev–Trinajstić information content (AvgIpc) is 2.74. The highest BCUT2D eigenvalue weighted by Crippen LogP contribution is 2.31. The zero-order chi connectivity index (χ0) is 20.4. The first kappa shape index (κ1) is 18.7. The van der Waals surface area contributed by atoms with E-state index in [2.05, 4.69) is 5.32 Å². The standard InChI is InChI=1S/C23H17F2N3O/c1-2-26-23(29)16-7-12-19-20(13-16)28-22(15-5-10-18(25)11-6-15)21(27-19)14-3-8-17(24)9-4-14/h3-13H,2H2,1H3,(H,26,29). The molecule has 0 fully saturated rings. The fraction of sp³-hybridized carbons (Fsp3) is 0.0870. The van der Waals surface area contributed by atoms with Gasteiger partial charge >= 0.3 is 0 Å². The number of fused-ring (bicyclic) bond motifs is 1. The van der Waals surface area contributed by atoms with Crippen molar-refractivity contribution < 1.29 is 13.6 Å². The van der Waals surface area contributed by atoms with Gasteiger partial charge in [-0.3, -0.25) is 4.79 Å². The number of nitrogens with one attached hydrogen (secondary N) is 1. The Balaban J connectivity index is 1.93. The third-order valence-electron chi connectivity index (χ3n) is 4.50. The molecule has 0 aliphatic carbocycles. The van der Waals surface area contributed by atoms with Crippen molar-refractivity contribution in [1.29, 1.82) is 0 Å². The van der Waals surface area contributed by atoms with E-state index >= 15 is 0 Å². The van der Waals surface area contributed by atoms with E-state index in [1.807, 2.05) is 6.92 Å². The molecule has 6 heteroatoms. The van der Waals surface area contributed by atoms with E-state index in [1.165, 1.54) is 24.3 Å². The topological polar surface area (TPSA) is 54.9 Å². The van der Waals surface area contributed by atoms with Crippen LogP contribution in [0.15, 0.2) is 66.7 Å². The van der Waals surface area contributed by atoms with Gasteiger partial charge in [0.2, 0.25) is 0 Å². The minimum absolute atomic E-state index is 0.192. The molecule has 1 amide bonds. The SMILES string of the molecule is CCNC(=O)c1ccc2nc(-c3ccc(F)cc3)c(-c3ccc(F)cc3)nc2c1. The zero-order valence-corrected chi connectivity index (χ0v) is 15.6. The van der Waals surface area contributed by atoms with E-state index in [4.69, 9.17) is 9.97 Å². The molecule has 0 atom stereocenters. The molecule has 4 aromatic rings. The number of halogens is 2. The first-order valence-electron chi connectivity index (χ1n) is 9.17. The Bertz CT molecular complexity index is 1190. The summed E-state index contributed by atoms with van der Waals surface area (Å²) in [5, 5.41) is 2.76. The van der Waals surface area contributed by atoms with Gasteiger partial charge in [-0.25, -0.2) is 18.7 Å². The number of carbonyl (C=O) groups excluding carboxylic acids is 1. The third kappa shape index (κ3) is 3.82. The molecule has 4 nitrogen and oxygen atoms in total. The minimum Gasteiger partial charge on any atom is -0.352 e. The smallest absolute Gasteiger partial charge is 0.251 e. The Morgan fingerprint density at radius 1 is 0.793 bits per heavy atom. The van der Waals surface area contributed by atoms with Gasteiger partial charge in [0, 0.05) is 23.2 Å². The van der Waals surface area contributed by atoms with E-state index < -0.39 is 0 Å². The maximum absolute atomic E-state index is 13.4. The van der Waals surface area contributed by atoms with Crippen molar-refractivity contribution in [2.24, 2.45) is 0 Å². The molecule has 0 aliphatic heterocycles. The van der Waals surface area contributed by atoms with E-state index in [9.17, 15) is 13.6 Å². The molecule has 0 aliphatic rings. The number of hydrogen-bond donors (Lipinski definition) is 1. The number of aromatic nitrogens is 2. The zero-order valence-electron chi connectivity index (χ0n) is 15.6. The highest BCUT2D eigenvalue weighted by Gasteiger charge is 2.15. The second-order valence-corrected chi connectivity index (χ2v) is 6.50. The van der Waals surface area contributed by atoms with E-state index in [0.717, 1.165) is 0 Å². The van der Waals surface area contributed by atoms with Crippen LogP contribution in [0.3, 0.4) is 0 Å². The van der Waals surface area contributed by atoms with Crippen LogP contribution in [0, 0.1) is 11.6 Å². The van der Waals surface area contributed by atoms with Crippen molar-refractivity contribution >= 4 is 16.9 Å². The molecule has 0 saturated heterocycles. The van der Waals surface area contributed by atoms with Crippen LogP contribution in [-0.2, 0) is 0 Å². The quantitative estimate of drug-likeness (QED) is 0.535. The average molecular weight is 389 g/mol. The molecule has 3 aromatic carbocycles. The summed E-state index contributed by atoms with van der Waals surface area (Å²) in [6, 6.07) is 17.0. The molecule has 1 aromatic heterocycles. The lowest BCUT2D eigenvalue weighted by atomic mass is 10.0. The van der Waals surface area contributed by atoms with E-state index in [0.29, 0.717) is 45.7 Å². The van der Waals surface area contributed by atoms with Gasteiger partial charge in [0.1, 0.15) is 11.6 Å². The van der Waals surface area contributed by atoms with Gasteiger partial charge in [0.25, 0.3) is 5.91 Å². The number of benzene rings is 3. The first-order valence-corrected chi connectivity index (χ1v) is 9.17. The molecule has 144 valence electrons. The highest BCUT2D eigenvalue weighted by molar-refractivity contribution is 5.98. The summed E-state index contributed by atoms with van der Waals surface area (Å²) in [6.45, 7) is 2.37. The van der Waals surface area contributed by atoms with Crippen molar-refractivity contribution in [1.82, 2.24) is 15.3 Å². The van der Waals surface area contributed by atoms with Gasteiger partial charge in [-0.05, 0) is 73.7 Å². The fourth-order valence-corrected chi connectivity index (χ4v) is 3.08. The largest absolute Gasteiger partial charge is 0.352 e. The molecule has 0 unspecified atom stereocenters. The lowest BCUT2D eigenvalue weighted by Gasteiger charge is -2.11. The second-order valence-electron chi connectivity index (χ2n) is 6.50. The maximum Gasteiger partial charge on any atom is 0.251 e. The van der Waals surface area contributed by atoms with Crippen LogP contribution in [0.25, 0.3) is 33.5 Å². The van der Waals surface area contributed by atoms with Crippen LogP contribution >= 0.6 is 0 Å². The van der Waals surface area contributed by atoms with Gasteiger partial charge in [-0.1, -0.05) is 0 Å². The van der Waals surface area contributed by atoms with Gasteiger partial charge in [0.05, 0.1) is 22.4 Å².